The lowest BCUT2D eigenvalue weighted by molar-refractivity contribution is 0.431. The van der Waals surface area contributed by atoms with Crippen LogP contribution in [-0.4, -0.2) is 14.5 Å². The van der Waals surface area contributed by atoms with Gasteiger partial charge in [0.1, 0.15) is 0 Å². The quantitative estimate of drug-likeness (QED) is 0.678. The molecule has 1 atom stereocenters. The highest BCUT2D eigenvalue weighted by Crippen LogP contribution is 2.47. The maximum atomic E-state index is 13.1. The van der Waals surface area contributed by atoms with E-state index in [0.717, 1.165) is 36.0 Å². The molecule has 0 saturated heterocycles. The van der Waals surface area contributed by atoms with Crippen molar-refractivity contribution in [3.63, 3.8) is 0 Å². The Hall–Kier alpha value is -2.43. The van der Waals surface area contributed by atoms with Gasteiger partial charge in [-0.1, -0.05) is 84.8 Å². The van der Waals surface area contributed by atoms with Crippen molar-refractivity contribution >= 4 is 10.0 Å². The second kappa shape index (κ2) is 7.53. The molecule has 144 valence electrons. The standard InChI is InChI=1S/C24H25NO2S/c1-19-14-16-22(17-15-19)28(26,27)25-23-13-8-18-24(23,20-9-4-2-5-10-20)21-11-6-3-7-12-21/h2-7,9-12,14-17,23,25H,8,13,18H2,1H3/t23-/m0/s1. The van der Waals surface area contributed by atoms with Gasteiger partial charge in [-0.05, 0) is 43.0 Å². The Labute approximate surface area is 167 Å². The van der Waals surface area contributed by atoms with E-state index in [0.29, 0.717) is 4.90 Å². The van der Waals surface area contributed by atoms with Gasteiger partial charge in [0.15, 0.2) is 0 Å². The average Bonchev–Trinajstić information content (AvgIpc) is 3.13. The normalized spacial score (nSPS) is 18.8. The van der Waals surface area contributed by atoms with Crippen LogP contribution in [0.4, 0.5) is 0 Å². The minimum absolute atomic E-state index is 0.191. The monoisotopic (exact) mass is 391 g/mol. The molecule has 1 aliphatic rings. The maximum Gasteiger partial charge on any atom is 0.240 e. The zero-order valence-corrected chi connectivity index (χ0v) is 16.8. The van der Waals surface area contributed by atoms with E-state index in [2.05, 4.69) is 29.0 Å². The van der Waals surface area contributed by atoms with Gasteiger partial charge in [0.2, 0.25) is 10.0 Å². The molecule has 0 amide bonds. The summed E-state index contributed by atoms with van der Waals surface area (Å²) in [5.74, 6) is 0. The fraction of sp³-hybridized carbons (Fsp3) is 0.250. The molecule has 4 rings (SSSR count). The van der Waals surface area contributed by atoms with Gasteiger partial charge >= 0.3 is 0 Å². The van der Waals surface area contributed by atoms with Crippen molar-refractivity contribution in [3.8, 4) is 0 Å². The van der Waals surface area contributed by atoms with Gasteiger partial charge in [0, 0.05) is 11.5 Å². The smallest absolute Gasteiger partial charge is 0.207 e. The molecule has 0 aliphatic heterocycles. The van der Waals surface area contributed by atoms with Crippen molar-refractivity contribution in [3.05, 3.63) is 102 Å². The van der Waals surface area contributed by atoms with Crippen LogP contribution in [0.25, 0.3) is 0 Å². The topological polar surface area (TPSA) is 46.2 Å². The highest BCUT2D eigenvalue weighted by Gasteiger charge is 2.47. The summed E-state index contributed by atoms with van der Waals surface area (Å²) in [5.41, 5.74) is 3.01. The van der Waals surface area contributed by atoms with E-state index < -0.39 is 10.0 Å². The Kier molecular flexibility index (Phi) is 5.09. The molecule has 3 nitrogen and oxygen atoms in total. The van der Waals surface area contributed by atoms with Crippen LogP contribution in [0.15, 0.2) is 89.8 Å². The fourth-order valence-corrected chi connectivity index (χ4v) is 5.79. The summed E-state index contributed by atoms with van der Waals surface area (Å²) in [7, 11) is -3.60. The van der Waals surface area contributed by atoms with Crippen LogP contribution in [-0.2, 0) is 15.4 Å². The van der Waals surface area contributed by atoms with Gasteiger partial charge in [-0.25, -0.2) is 13.1 Å². The number of aryl methyl sites for hydroxylation is 1. The summed E-state index contributed by atoms with van der Waals surface area (Å²) in [4.78, 5) is 0.319. The zero-order chi connectivity index (χ0) is 19.6. The number of hydrogen-bond acceptors (Lipinski definition) is 2. The third-order valence-electron chi connectivity index (χ3n) is 5.87. The van der Waals surface area contributed by atoms with E-state index in [1.807, 2.05) is 55.5 Å². The first-order valence-corrected chi connectivity index (χ1v) is 11.2. The van der Waals surface area contributed by atoms with Crippen molar-refractivity contribution in [1.82, 2.24) is 4.72 Å². The molecule has 1 saturated carbocycles. The molecule has 0 spiro atoms. The van der Waals surface area contributed by atoms with Gasteiger partial charge in [-0.15, -0.1) is 0 Å². The molecule has 3 aromatic carbocycles. The Morgan fingerprint density at radius 1 is 0.821 bits per heavy atom. The maximum absolute atomic E-state index is 13.1. The highest BCUT2D eigenvalue weighted by molar-refractivity contribution is 7.89. The molecule has 0 aromatic heterocycles. The molecule has 1 aliphatic carbocycles. The summed E-state index contributed by atoms with van der Waals surface area (Å²) in [6.45, 7) is 1.95. The molecule has 0 heterocycles. The van der Waals surface area contributed by atoms with Crippen molar-refractivity contribution in [2.75, 3.05) is 0 Å². The SMILES string of the molecule is Cc1ccc(S(=O)(=O)N[C@H]2CCCC2(c2ccccc2)c2ccccc2)cc1. The summed E-state index contributed by atoms with van der Waals surface area (Å²) in [6, 6.07) is 27.4. The molecular weight excluding hydrogens is 366 g/mol. The van der Waals surface area contributed by atoms with Crippen LogP contribution in [0.1, 0.15) is 36.0 Å². The van der Waals surface area contributed by atoms with Gasteiger partial charge in [0.05, 0.1) is 4.90 Å². The second-order valence-electron chi connectivity index (χ2n) is 7.58. The van der Waals surface area contributed by atoms with E-state index in [4.69, 9.17) is 0 Å². The third kappa shape index (κ3) is 3.38. The summed E-state index contributed by atoms with van der Waals surface area (Å²) in [5, 5.41) is 0. The molecule has 1 fully saturated rings. The predicted molar refractivity (Wildman–Crippen MR) is 113 cm³/mol. The minimum atomic E-state index is -3.60. The number of benzene rings is 3. The van der Waals surface area contributed by atoms with E-state index in [9.17, 15) is 8.42 Å². The first kappa shape index (κ1) is 18.9. The van der Waals surface area contributed by atoms with Gasteiger partial charge < -0.3 is 0 Å². The Bertz CT molecular complexity index is 989. The summed E-state index contributed by atoms with van der Waals surface area (Å²) < 4.78 is 29.3. The number of sulfonamides is 1. The predicted octanol–water partition coefficient (Wildman–Crippen LogP) is 4.81. The van der Waals surface area contributed by atoms with Crippen LogP contribution in [0.5, 0.6) is 0 Å². The van der Waals surface area contributed by atoms with Crippen LogP contribution < -0.4 is 4.72 Å². The zero-order valence-electron chi connectivity index (χ0n) is 16.0. The lowest BCUT2D eigenvalue weighted by atomic mass is 9.71. The lowest BCUT2D eigenvalue weighted by Crippen LogP contribution is -2.47. The van der Waals surface area contributed by atoms with Crippen molar-refractivity contribution in [1.29, 1.82) is 0 Å². The van der Waals surface area contributed by atoms with Crippen LogP contribution in [0.3, 0.4) is 0 Å². The lowest BCUT2D eigenvalue weighted by Gasteiger charge is -2.37. The van der Waals surface area contributed by atoms with Crippen molar-refractivity contribution < 1.29 is 8.42 Å². The Morgan fingerprint density at radius 2 is 1.36 bits per heavy atom. The highest BCUT2D eigenvalue weighted by atomic mass is 32.2. The van der Waals surface area contributed by atoms with E-state index in [-0.39, 0.29) is 11.5 Å². The van der Waals surface area contributed by atoms with Gasteiger partial charge in [-0.2, -0.15) is 0 Å². The number of rotatable bonds is 5. The average molecular weight is 392 g/mol. The van der Waals surface area contributed by atoms with E-state index in [1.54, 1.807) is 12.1 Å². The molecule has 3 aromatic rings. The molecule has 0 unspecified atom stereocenters. The van der Waals surface area contributed by atoms with Crippen LogP contribution in [0.2, 0.25) is 0 Å². The van der Waals surface area contributed by atoms with Crippen molar-refractivity contribution in [2.24, 2.45) is 0 Å². The van der Waals surface area contributed by atoms with E-state index >= 15 is 0 Å². The first-order valence-electron chi connectivity index (χ1n) is 9.72. The summed E-state index contributed by atoms with van der Waals surface area (Å²) in [6.07, 6.45) is 2.71. The largest absolute Gasteiger partial charge is 0.240 e. The van der Waals surface area contributed by atoms with Crippen LogP contribution in [0, 0.1) is 6.92 Å². The van der Waals surface area contributed by atoms with Gasteiger partial charge in [-0.3, -0.25) is 0 Å². The molecule has 4 heteroatoms. The molecule has 1 N–H and O–H groups in total. The third-order valence-corrected chi connectivity index (χ3v) is 7.35. The number of nitrogens with one attached hydrogen (secondary N) is 1. The Balaban J connectivity index is 1.78. The molecular formula is C24H25NO2S. The number of hydrogen-bond donors (Lipinski definition) is 1. The molecule has 0 bridgehead atoms. The van der Waals surface area contributed by atoms with E-state index in [1.165, 1.54) is 0 Å². The Morgan fingerprint density at radius 3 is 1.89 bits per heavy atom. The molecule has 28 heavy (non-hydrogen) atoms. The fourth-order valence-electron chi connectivity index (χ4n) is 4.47. The van der Waals surface area contributed by atoms with Gasteiger partial charge in [0.25, 0.3) is 0 Å². The van der Waals surface area contributed by atoms with Crippen LogP contribution >= 0.6 is 0 Å². The molecule has 0 radical (unpaired) electrons. The first-order chi connectivity index (χ1) is 13.5. The van der Waals surface area contributed by atoms with Crippen molar-refractivity contribution in [2.45, 2.75) is 42.5 Å². The second-order valence-corrected chi connectivity index (χ2v) is 9.30. The summed E-state index contributed by atoms with van der Waals surface area (Å²) >= 11 is 0. The minimum Gasteiger partial charge on any atom is -0.207 e.